The zero-order chi connectivity index (χ0) is 13.6. The molecule has 2 aromatic rings. The topological polar surface area (TPSA) is 29.9 Å². The van der Waals surface area contributed by atoms with Gasteiger partial charge in [-0.2, -0.15) is 0 Å². The van der Waals surface area contributed by atoms with E-state index in [9.17, 15) is 4.39 Å². The van der Waals surface area contributed by atoms with Crippen LogP contribution in [-0.2, 0) is 11.3 Å². The van der Waals surface area contributed by atoms with Gasteiger partial charge >= 0.3 is 0 Å². The Bertz CT molecular complexity index is 684. The molecule has 6 heteroatoms. The van der Waals surface area contributed by atoms with Gasteiger partial charge < -0.3 is 14.3 Å². The Morgan fingerprint density at radius 3 is 2.84 bits per heavy atom. The van der Waals surface area contributed by atoms with Gasteiger partial charge in [0.25, 0.3) is 0 Å². The van der Waals surface area contributed by atoms with Crippen LogP contribution in [0.25, 0.3) is 11.0 Å². The third-order valence-electron chi connectivity index (χ3n) is 3.96. The Morgan fingerprint density at radius 1 is 1.53 bits per heavy atom. The fourth-order valence-corrected chi connectivity index (χ4v) is 3.20. The molecule has 0 bridgehead atoms. The maximum Gasteiger partial charge on any atom is 0.178 e. The molecule has 1 aliphatic rings. The number of imidazole rings is 1. The van der Waals surface area contributed by atoms with Crippen molar-refractivity contribution in [3.63, 3.8) is 0 Å². The molecule has 1 aromatic heterocycles. The van der Waals surface area contributed by atoms with E-state index >= 15 is 0 Å². The van der Waals surface area contributed by atoms with E-state index in [2.05, 4.69) is 20.9 Å². The minimum absolute atomic E-state index is 0.117. The van der Waals surface area contributed by atoms with E-state index in [1.807, 2.05) is 4.57 Å². The lowest BCUT2D eigenvalue weighted by molar-refractivity contribution is -0.0830. The van der Waals surface area contributed by atoms with Crippen LogP contribution in [0.3, 0.4) is 0 Å². The summed E-state index contributed by atoms with van der Waals surface area (Å²) < 4.78 is 22.2. The molecule has 1 heterocycles. The van der Waals surface area contributed by atoms with E-state index in [1.54, 1.807) is 13.2 Å². The van der Waals surface area contributed by atoms with Crippen LogP contribution in [0.15, 0.2) is 16.6 Å². The highest BCUT2D eigenvalue weighted by Gasteiger charge is 2.37. The zero-order valence-corrected chi connectivity index (χ0v) is 12.9. The van der Waals surface area contributed by atoms with Crippen LogP contribution in [0.4, 0.5) is 4.39 Å². The van der Waals surface area contributed by atoms with Gasteiger partial charge in [0.15, 0.2) is 4.77 Å². The van der Waals surface area contributed by atoms with Crippen molar-refractivity contribution in [2.75, 3.05) is 7.11 Å². The van der Waals surface area contributed by atoms with E-state index in [0.717, 1.165) is 23.9 Å². The second-order valence-corrected chi connectivity index (χ2v) is 6.28. The van der Waals surface area contributed by atoms with Crippen LogP contribution in [0.1, 0.15) is 19.3 Å². The van der Waals surface area contributed by atoms with Crippen LogP contribution in [0.5, 0.6) is 0 Å². The molecule has 0 spiro atoms. The predicted molar refractivity (Wildman–Crippen MR) is 78.4 cm³/mol. The number of halogens is 2. The van der Waals surface area contributed by atoms with E-state index in [1.165, 1.54) is 12.5 Å². The molecule has 102 valence electrons. The number of fused-ring (bicyclic) bond motifs is 1. The first-order chi connectivity index (χ1) is 9.04. The number of methoxy groups -OCH3 is 1. The standard InChI is InChI=1S/C13H14BrFN2OS/c1-18-13(3-2-4-13)7-17-11-5-8(14)9(15)6-10(11)16-12(17)19/h5-6H,2-4,7H2,1H3,(H,16,19). The lowest BCUT2D eigenvalue weighted by Gasteiger charge is -2.40. The fraction of sp³-hybridized carbons (Fsp3) is 0.462. The molecule has 0 saturated heterocycles. The molecular weight excluding hydrogens is 331 g/mol. The number of ether oxygens (including phenoxy) is 1. The third kappa shape index (κ3) is 2.15. The molecule has 1 aliphatic carbocycles. The van der Waals surface area contributed by atoms with Crippen molar-refractivity contribution < 1.29 is 9.13 Å². The number of aromatic nitrogens is 2. The van der Waals surface area contributed by atoms with Crippen molar-refractivity contribution in [2.24, 2.45) is 0 Å². The number of hydrogen-bond donors (Lipinski definition) is 1. The summed E-state index contributed by atoms with van der Waals surface area (Å²) in [4.78, 5) is 3.05. The number of benzene rings is 1. The summed E-state index contributed by atoms with van der Waals surface area (Å²) in [5.41, 5.74) is 1.51. The highest BCUT2D eigenvalue weighted by atomic mass is 79.9. The van der Waals surface area contributed by atoms with Gasteiger partial charge in [0.05, 0.1) is 27.7 Å². The van der Waals surface area contributed by atoms with Crippen molar-refractivity contribution in [3.8, 4) is 0 Å². The van der Waals surface area contributed by atoms with Gasteiger partial charge in [-0.05, 0) is 53.5 Å². The van der Waals surface area contributed by atoms with Crippen LogP contribution in [-0.4, -0.2) is 22.3 Å². The predicted octanol–water partition coefficient (Wildman–Crippen LogP) is 4.17. The molecule has 1 fully saturated rings. The largest absolute Gasteiger partial charge is 0.376 e. The van der Waals surface area contributed by atoms with Crippen molar-refractivity contribution in [2.45, 2.75) is 31.4 Å². The van der Waals surface area contributed by atoms with Gasteiger partial charge in [0.1, 0.15) is 5.82 Å². The number of rotatable bonds is 3. The van der Waals surface area contributed by atoms with Gasteiger partial charge in [0, 0.05) is 13.2 Å². The lowest BCUT2D eigenvalue weighted by atomic mass is 9.80. The summed E-state index contributed by atoms with van der Waals surface area (Å²) in [7, 11) is 1.74. The number of aromatic amines is 1. The van der Waals surface area contributed by atoms with E-state index in [-0.39, 0.29) is 11.4 Å². The molecule has 0 atom stereocenters. The molecule has 0 amide bonds. The second kappa shape index (κ2) is 4.68. The van der Waals surface area contributed by atoms with Gasteiger partial charge in [-0.15, -0.1) is 0 Å². The maximum absolute atomic E-state index is 13.5. The molecule has 3 nitrogen and oxygen atoms in total. The summed E-state index contributed by atoms with van der Waals surface area (Å²) in [6.07, 6.45) is 3.27. The van der Waals surface area contributed by atoms with Gasteiger partial charge in [-0.3, -0.25) is 0 Å². The smallest absolute Gasteiger partial charge is 0.178 e. The first-order valence-electron chi connectivity index (χ1n) is 6.17. The van der Waals surface area contributed by atoms with Crippen molar-refractivity contribution >= 4 is 39.2 Å². The number of hydrogen-bond acceptors (Lipinski definition) is 2. The van der Waals surface area contributed by atoms with Gasteiger partial charge in [0.2, 0.25) is 0 Å². The van der Waals surface area contributed by atoms with Crippen LogP contribution in [0.2, 0.25) is 0 Å². The summed E-state index contributed by atoms with van der Waals surface area (Å²) in [6.45, 7) is 0.709. The number of nitrogens with one attached hydrogen (secondary N) is 1. The van der Waals surface area contributed by atoms with Crippen LogP contribution >= 0.6 is 28.1 Å². The Balaban J connectivity index is 2.10. The summed E-state index contributed by atoms with van der Waals surface area (Å²) in [5.74, 6) is -0.291. The second-order valence-electron chi connectivity index (χ2n) is 5.04. The Kier molecular flexibility index (Phi) is 3.27. The Hall–Kier alpha value is -0.720. The van der Waals surface area contributed by atoms with Gasteiger partial charge in [-0.1, -0.05) is 0 Å². The molecule has 1 N–H and O–H groups in total. The first-order valence-corrected chi connectivity index (χ1v) is 7.37. The van der Waals surface area contributed by atoms with Crippen molar-refractivity contribution in [1.29, 1.82) is 0 Å². The first kappa shape index (κ1) is 13.3. The highest BCUT2D eigenvalue weighted by Crippen LogP contribution is 2.37. The van der Waals surface area contributed by atoms with E-state index in [0.29, 0.717) is 15.8 Å². The SMILES string of the molecule is COC1(Cn2c(=S)[nH]c3cc(F)c(Br)cc32)CCC1. The minimum atomic E-state index is -0.291. The number of nitrogens with zero attached hydrogens (tertiary/aromatic N) is 1. The van der Waals surface area contributed by atoms with Gasteiger partial charge in [-0.25, -0.2) is 4.39 Å². The summed E-state index contributed by atoms with van der Waals surface area (Å²) >= 11 is 8.56. The van der Waals surface area contributed by atoms with Crippen LogP contribution < -0.4 is 0 Å². The van der Waals surface area contributed by atoms with Crippen LogP contribution in [0, 0.1) is 10.6 Å². The summed E-state index contributed by atoms with van der Waals surface area (Å²) in [5, 5.41) is 0. The normalized spacial score (nSPS) is 17.6. The zero-order valence-electron chi connectivity index (χ0n) is 10.5. The molecule has 3 rings (SSSR count). The molecular formula is C13H14BrFN2OS. The number of H-pyrrole nitrogens is 1. The average molecular weight is 345 g/mol. The molecule has 1 saturated carbocycles. The Labute approximate surface area is 123 Å². The quantitative estimate of drug-likeness (QED) is 0.847. The monoisotopic (exact) mass is 344 g/mol. The molecule has 19 heavy (non-hydrogen) atoms. The maximum atomic E-state index is 13.5. The molecule has 0 aliphatic heterocycles. The highest BCUT2D eigenvalue weighted by molar-refractivity contribution is 9.10. The van der Waals surface area contributed by atoms with E-state index < -0.39 is 0 Å². The Morgan fingerprint density at radius 2 is 2.26 bits per heavy atom. The third-order valence-corrected chi connectivity index (χ3v) is 4.89. The molecule has 1 aromatic carbocycles. The summed E-state index contributed by atoms with van der Waals surface area (Å²) in [6, 6.07) is 3.23. The average Bonchev–Trinajstić information content (AvgIpc) is 2.61. The molecule has 0 unspecified atom stereocenters. The minimum Gasteiger partial charge on any atom is -0.376 e. The van der Waals surface area contributed by atoms with Crippen molar-refractivity contribution in [1.82, 2.24) is 9.55 Å². The van der Waals surface area contributed by atoms with E-state index in [4.69, 9.17) is 17.0 Å². The van der Waals surface area contributed by atoms with Crippen molar-refractivity contribution in [3.05, 3.63) is 27.2 Å². The lowest BCUT2D eigenvalue weighted by Crippen LogP contribution is -2.43. The molecule has 0 radical (unpaired) electrons. The fourth-order valence-electron chi connectivity index (χ4n) is 2.59.